The molecule has 0 atom stereocenters. The van der Waals surface area contributed by atoms with Gasteiger partial charge < -0.3 is 4.74 Å². The van der Waals surface area contributed by atoms with E-state index in [9.17, 15) is 0 Å². The fourth-order valence-corrected chi connectivity index (χ4v) is 1.80. The molecular formula is C13H11Cl2NO. The lowest BCUT2D eigenvalue weighted by atomic mass is 10.2. The van der Waals surface area contributed by atoms with Crippen LogP contribution >= 0.6 is 23.2 Å². The first-order valence-electron chi connectivity index (χ1n) is 5.13. The molecule has 2 nitrogen and oxygen atoms in total. The van der Waals surface area contributed by atoms with Crippen molar-refractivity contribution in [1.29, 1.82) is 0 Å². The second-order valence-corrected chi connectivity index (χ2v) is 4.33. The molecule has 0 unspecified atom stereocenters. The molecule has 0 amide bonds. The van der Waals surface area contributed by atoms with Crippen molar-refractivity contribution in [2.75, 3.05) is 0 Å². The van der Waals surface area contributed by atoms with Gasteiger partial charge >= 0.3 is 0 Å². The number of aryl methyl sites for hydroxylation is 1. The third kappa shape index (κ3) is 2.90. The Kier molecular flexibility index (Phi) is 3.87. The maximum absolute atomic E-state index is 6.06. The summed E-state index contributed by atoms with van der Waals surface area (Å²) in [6.45, 7) is 1.98. The second-order valence-electron chi connectivity index (χ2n) is 3.65. The molecule has 0 fully saturated rings. The quantitative estimate of drug-likeness (QED) is 0.760. The number of hydrogen-bond donors (Lipinski definition) is 0. The van der Waals surface area contributed by atoms with Crippen LogP contribution in [0.1, 0.15) is 11.1 Å². The van der Waals surface area contributed by atoms with Crippen molar-refractivity contribution >= 4 is 23.2 Å². The Labute approximate surface area is 110 Å². The molecular weight excluding hydrogens is 257 g/mol. The summed E-state index contributed by atoms with van der Waals surface area (Å²) in [4.78, 5) is 4.01. The Balaban J connectivity index is 2.34. The fourth-order valence-electron chi connectivity index (χ4n) is 1.42. The maximum atomic E-state index is 6.06. The lowest BCUT2D eigenvalue weighted by Gasteiger charge is -2.10. The second kappa shape index (κ2) is 5.39. The third-order valence-corrected chi connectivity index (χ3v) is 2.92. The molecule has 0 spiro atoms. The van der Waals surface area contributed by atoms with E-state index in [4.69, 9.17) is 27.9 Å². The van der Waals surface area contributed by atoms with Crippen LogP contribution in [0.5, 0.6) is 11.5 Å². The van der Waals surface area contributed by atoms with E-state index in [0.717, 1.165) is 11.1 Å². The van der Waals surface area contributed by atoms with Crippen LogP contribution in [0.4, 0.5) is 0 Å². The molecule has 0 saturated carbocycles. The van der Waals surface area contributed by atoms with Gasteiger partial charge in [0.05, 0.1) is 17.1 Å². The average Bonchev–Trinajstić information content (AvgIpc) is 2.34. The summed E-state index contributed by atoms with van der Waals surface area (Å²) in [7, 11) is 0. The number of alkyl halides is 1. The van der Waals surface area contributed by atoms with Crippen molar-refractivity contribution in [3.8, 4) is 11.5 Å². The van der Waals surface area contributed by atoms with Crippen LogP contribution in [-0.4, -0.2) is 4.98 Å². The molecule has 88 valence electrons. The monoisotopic (exact) mass is 267 g/mol. The van der Waals surface area contributed by atoms with Crippen molar-refractivity contribution in [2.45, 2.75) is 12.8 Å². The first-order valence-corrected chi connectivity index (χ1v) is 6.05. The number of pyridine rings is 1. The highest BCUT2D eigenvalue weighted by Crippen LogP contribution is 2.31. The molecule has 1 aromatic carbocycles. The molecule has 0 bridgehead atoms. The van der Waals surface area contributed by atoms with Gasteiger partial charge in [0.2, 0.25) is 0 Å². The van der Waals surface area contributed by atoms with Crippen LogP contribution in [0.15, 0.2) is 36.7 Å². The number of nitrogens with zero attached hydrogens (tertiary/aromatic N) is 1. The minimum absolute atomic E-state index is 0.376. The zero-order valence-corrected chi connectivity index (χ0v) is 10.8. The zero-order valence-electron chi connectivity index (χ0n) is 9.28. The van der Waals surface area contributed by atoms with E-state index in [-0.39, 0.29) is 0 Å². The molecule has 1 heterocycles. The van der Waals surface area contributed by atoms with Crippen LogP contribution < -0.4 is 4.74 Å². The van der Waals surface area contributed by atoms with E-state index in [1.54, 1.807) is 12.4 Å². The minimum Gasteiger partial charge on any atom is -0.454 e. The molecule has 0 saturated heterocycles. The van der Waals surface area contributed by atoms with Gasteiger partial charge in [0.1, 0.15) is 11.5 Å². The number of rotatable bonds is 3. The summed E-state index contributed by atoms with van der Waals surface area (Å²) in [5.74, 6) is 1.63. The van der Waals surface area contributed by atoms with Gasteiger partial charge in [-0.25, -0.2) is 0 Å². The summed E-state index contributed by atoms with van der Waals surface area (Å²) >= 11 is 11.9. The Morgan fingerprint density at radius 1 is 1.24 bits per heavy atom. The van der Waals surface area contributed by atoms with Crippen LogP contribution in [0, 0.1) is 6.92 Å². The van der Waals surface area contributed by atoms with Gasteiger partial charge in [-0.05, 0) is 30.7 Å². The van der Waals surface area contributed by atoms with Gasteiger partial charge in [-0.3, -0.25) is 4.98 Å². The fraction of sp³-hybridized carbons (Fsp3) is 0.154. The summed E-state index contributed by atoms with van der Waals surface area (Å²) < 4.78 is 5.73. The molecule has 17 heavy (non-hydrogen) atoms. The van der Waals surface area contributed by atoms with Crippen molar-refractivity contribution in [2.24, 2.45) is 0 Å². The molecule has 0 radical (unpaired) electrons. The smallest absolute Gasteiger partial charge is 0.150 e. The highest BCUT2D eigenvalue weighted by atomic mass is 35.5. The minimum atomic E-state index is 0.376. The van der Waals surface area contributed by atoms with Crippen molar-refractivity contribution in [3.63, 3.8) is 0 Å². The highest BCUT2D eigenvalue weighted by molar-refractivity contribution is 6.32. The molecule has 2 rings (SSSR count). The topological polar surface area (TPSA) is 22.1 Å². The highest BCUT2D eigenvalue weighted by Gasteiger charge is 2.07. The maximum Gasteiger partial charge on any atom is 0.150 e. The number of ether oxygens (including phenoxy) is 1. The molecule has 0 aliphatic carbocycles. The first kappa shape index (κ1) is 12.2. The molecule has 0 N–H and O–H groups in total. The SMILES string of the molecule is Cc1ccc(Cl)c(Oc2cnccc2CCl)c1. The standard InChI is InChI=1S/C13H11Cl2NO/c1-9-2-3-11(15)12(6-9)17-13-8-16-5-4-10(13)7-14/h2-6,8H,7H2,1H3. The molecule has 0 aliphatic heterocycles. The van der Waals surface area contributed by atoms with E-state index in [0.29, 0.717) is 22.4 Å². The number of hydrogen-bond acceptors (Lipinski definition) is 2. The third-order valence-electron chi connectivity index (χ3n) is 2.32. The molecule has 1 aromatic heterocycles. The van der Waals surface area contributed by atoms with E-state index in [1.165, 1.54) is 0 Å². The van der Waals surface area contributed by atoms with Crippen LogP contribution in [-0.2, 0) is 5.88 Å². The van der Waals surface area contributed by atoms with Gasteiger partial charge in [0.15, 0.2) is 0 Å². The Morgan fingerprint density at radius 2 is 2.06 bits per heavy atom. The largest absolute Gasteiger partial charge is 0.454 e. The van der Waals surface area contributed by atoms with Gasteiger partial charge in [0.25, 0.3) is 0 Å². The summed E-state index contributed by atoms with van der Waals surface area (Å²) in [5, 5.41) is 0.569. The van der Waals surface area contributed by atoms with E-state index < -0.39 is 0 Å². The zero-order chi connectivity index (χ0) is 12.3. The van der Waals surface area contributed by atoms with Crippen LogP contribution in [0.3, 0.4) is 0 Å². The van der Waals surface area contributed by atoms with E-state index in [2.05, 4.69) is 4.98 Å². The van der Waals surface area contributed by atoms with Gasteiger partial charge in [-0.1, -0.05) is 17.7 Å². The predicted octanol–water partition coefficient (Wildman–Crippen LogP) is 4.57. The summed E-state index contributed by atoms with van der Waals surface area (Å²) in [6.07, 6.45) is 3.32. The van der Waals surface area contributed by atoms with Crippen molar-refractivity contribution < 1.29 is 4.74 Å². The van der Waals surface area contributed by atoms with Crippen LogP contribution in [0.2, 0.25) is 5.02 Å². The number of halogens is 2. The first-order chi connectivity index (χ1) is 8.20. The van der Waals surface area contributed by atoms with Gasteiger partial charge in [-0.15, -0.1) is 11.6 Å². The molecule has 2 aromatic rings. The Hall–Kier alpha value is -1.25. The van der Waals surface area contributed by atoms with E-state index in [1.807, 2.05) is 31.2 Å². The van der Waals surface area contributed by atoms with Crippen molar-refractivity contribution in [1.82, 2.24) is 4.98 Å². The van der Waals surface area contributed by atoms with Crippen LogP contribution in [0.25, 0.3) is 0 Å². The molecule has 4 heteroatoms. The Bertz CT molecular complexity index is 529. The summed E-state index contributed by atoms with van der Waals surface area (Å²) in [6, 6.07) is 7.45. The van der Waals surface area contributed by atoms with E-state index >= 15 is 0 Å². The lowest BCUT2D eigenvalue weighted by Crippen LogP contribution is -1.91. The van der Waals surface area contributed by atoms with Gasteiger partial charge in [0, 0.05) is 11.8 Å². The van der Waals surface area contributed by atoms with Crippen molar-refractivity contribution in [3.05, 3.63) is 52.8 Å². The normalized spacial score (nSPS) is 10.3. The number of benzene rings is 1. The predicted molar refractivity (Wildman–Crippen MR) is 70.1 cm³/mol. The summed E-state index contributed by atoms with van der Waals surface area (Å²) in [5.41, 5.74) is 1.97. The van der Waals surface area contributed by atoms with Gasteiger partial charge in [-0.2, -0.15) is 0 Å². The number of aromatic nitrogens is 1. The lowest BCUT2D eigenvalue weighted by molar-refractivity contribution is 0.475. The molecule has 0 aliphatic rings. The Morgan fingerprint density at radius 3 is 2.82 bits per heavy atom. The average molecular weight is 268 g/mol.